The molecule has 554 valence electrons. The lowest BCUT2D eigenvalue weighted by atomic mass is 9.91. The minimum atomic E-state index is -0.932. The third-order valence-electron chi connectivity index (χ3n) is 35.1. The summed E-state index contributed by atoms with van der Waals surface area (Å²) >= 11 is 0. The van der Waals surface area contributed by atoms with Crippen LogP contribution in [0.4, 0.5) is 0 Å². The van der Waals surface area contributed by atoms with Crippen LogP contribution in [0.25, 0.3) is 286 Å². The van der Waals surface area contributed by atoms with E-state index in [4.69, 9.17) is 0 Å². The average molecular weight is 1570 g/mol. The quantitative estimate of drug-likeness (QED) is 0.112. The molecule has 16 aliphatic heterocycles. The van der Waals surface area contributed by atoms with Crippen molar-refractivity contribution in [3.8, 4) is 90.1 Å². The zero-order valence-electron chi connectivity index (χ0n) is 64.9. The van der Waals surface area contributed by atoms with E-state index in [1.54, 1.807) is 0 Å². The van der Waals surface area contributed by atoms with Crippen LogP contribution in [0.1, 0.15) is 45.6 Å². The predicted octanol–water partition coefficient (Wildman–Crippen LogP) is 15.4. The summed E-state index contributed by atoms with van der Waals surface area (Å²) in [4.78, 5) is 7.34. The summed E-state index contributed by atoms with van der Waals surface area (Å²) in [6.07, 6.45) is 7.35. The summed E-state index contributed by atoms with van der Waals surface area (Å²) in [5.74, 6) is -3.49. The highest BCUT2D eigenvalue weighted by Crippen LogP contribution is 2.65. The van der Waals surface area contributed by atoms with Crippen molar-refractivity contribution in [2.24, 2.45) is 0 Å². The topological polar surface area (TPSA) is 102 Å². The average Bonchev–Trinajstić information content (AvgIpc) is 1.44. The third kappa shape index (κ3) is 4.29. The SMILES string of the molecule is c1cc2c3c4c(cc5n4C46n7c(cc8c9c%10c(cc%11n%10C%10%12n%13c(cc%14c%15c%16c(cc%17n%16C%16%18n%19c(cc%20c%21c%22c(cc%23n%22C%22%24n%25c(cc%26cc%27[nH]ccc%27c(c%26%25)-c%25ccc%26ccc%27ccc-%21[n+]%22c%27c%26[n+]%25%24)C%23)c(c%20%19)-c%19ccc%20ccc%21ccc-%15[n+]%16c%21c%20[n+]%19%18)C%17)c(c%14%13)-c%13ccc%14ccc%15ccc-9[n+]%10c%15c%14[n+]%13%12)C%11)c(c87)-c7ccc8ccc9ccc-3[n+]4c9c8[n+]76)C5)cc2[nH]1. The highest BCUT2D eigenvalue weighted by Gasteiger charge is 2.79. The Hall–Kier alpha value is -16.3. The molecule has 18 heteroatoms. The standard InChI is InChI=1S/C106H46N18/c1-3-45-11-19-73-81-65-39-57-35-59-41-67-86-78-24-16-50-8-6-48-14-22-76-84-64-38-56-34-54-30-52-32-70-62(26-28-108-70)80-72-18-10-44-2-4-46-12-20-74-82(98(64)112(56)104(110(54)88(52)80)118(72)90(44)92(46)120(74)104)66-40-58-36-60-42-68(102(86)116(60)106(114(58)100(66)84)122(76)94(48)96(50)124(78)106)85-77-23-15-49-7-5-47-13-21-75-83(99(65)113(57)105(115(59)101(67)85)121(75)93(47)95(49)123(77)105)63-37-55-33-53-29-51-31-69-61(25-27-107-69)79-71-17-9-43(1)89-91(45)119(73)103(117(71)89,109(53)87(51)79)111(55)97(63)81/h1-32,37-42H,33-36H2/q+6/p+2. The monoisotopic (exact) mass is 1570 g/mol. The first kappa shape index (κ1) is 54.7. The molecular weight excluding hydrogens is 1530 g/mol. The second-order valence-electron chi connectivity index (χ2n) is 39.2. The molecule has 0 fully saturated rings. The van der Waals surface area contributed by atoms with Gasteiger partial charge in [-0.25, -0.2) is 36.5 Å². The van der Waals surface area contributed by atoms with Crippen LogP contribution in [0.5, 0.6) is 0 Å². The minimum absolute atomic E-state index is 0.745. The van der Waals surface area contributed by atoms with Gasteiger partial charge in [0.15, 0.2) is 0 Å². The molecule has 34 heterocycles. The number of aromatic amines is 2. The van der Waals surface area contributed by atoms with E-state index >= 15 is 0 Å². The lowest BCUT2D eigenvalue weighted by molar-refractivity contribution is -0.965. The largest absolute Gasteiger partial charge is 0.553 e. The Morgan fingerprint density at radius 1 is 0.185 bits per heavy atom. The molecule has 27 aromatic rings. The summed E-state index contributed by atoms with van der Waals surface area (Å²) in [6.45, 7) is 0. The fraction of sp³-hybridized carbons (Fsp3) is 0.0755. The van der Waals surface area contributed by atoms with Crippen molar-refractivity contribution in [3.05, 3.63) is 276 Å². The summed E-state index contributed by atoms with van der Waals surface area (Å²) in [6, 6.07) is 89.5. The van der Waals surface area contributed by atoms with E-state index in [1.165, 1.54) is 332 Å². The van der Waals surface area contributed by atoms with Gasteiger partial charge in [0.05, 0.1) is 132 Å². The van der Waals surface area contributed by atoms with Crippen LogP contribution in [-0.4, -0.2) is 46.5 Å². The number of nitrogens with one attached hydrogen (secondary N) is 2. The highest BCUT2D eigenvalue weighted by molar-refractivity contribution is 6.27. The second-order valence-corrected chi connectivity index (χ2v) is 39.2. The van der Waals surface area contributed by atoms with Crippen LogP contribution < -0.4 is 36.5 Å². The number of aromatic nitrogens is 18. The van der Waals surface area contributed by atoms with Gasteiger partial charge in [-0.2, -0.15) is 0 Å². The molecule has 2 N–H and O–H groups in total. The van der Waals surface area contributed by atoms with Crippen LogP contribution >= 0.6 is 0 Å². The van der Waals surface area contributed by atoms with Crippen molar-refractivity contribution in [3.63, 3.8) is 0 Å². The van der Waals surface area contributed by atoms with Crippen molar-refractivity contribution in [2.45, 2.75) is 49.3 Å². The fourth-order valence-corrected chi connectivity index (χ4v) is 32.0. The third-order valence-corrected chi connectivity index (χ3v) is 35.1. The Balaban J connectivity index is 0.605. The zero-order valence-corrected chi connectivity index (χ0v) is 64.9. The predicted molar refractivity (Wildman–Crippen MR) is 467 cm³/mol. The lowest BCUT2D eigenvalue weighted by Gasteiger charge is -2.38. The number of rotatable bonds is 0. The molecule has 16 aliphatic rings. The van der Waals surface area contributed by atoms with Gasteiger partial charge in [0.1, 0.15) is 0 Å². The number of benzene rings is 9. The van der Waals surface area contributed by atoms with E-state index < -0.39 is 23.6 Å². The molecule has 9 aromatic carbocycles. The first-order chi connectivity index (χ1) is 61.5. The van der Waals surface area contributed by atoms with Crippen molar-refractivity contribution in [1.29, 1.82) is 0 Å². The van der Waals surface area contributed by atoms with E-state index in [2.05, 4.69) is 314 Å². The minimum Gasteiger partial charge on any atom is -0.361 e. The van der Waals surface area contributed by atoms with Gasteiger partial charge in [0.25, 0.3) is 44.1 Å². The van der Waals surface area contributed by atoms with Gasteiger partial charge >= 0.3 is 23.6 Å². The zero-order chi connectivity index (χ0) is 77.0. The van der Waals surface area contributed by atoms with Gasteiger partial charge in [-0.3, -0.25) is 0 Å². The molecule has 4 spiro atoms. The van der Waals surface area contributed by atoms with E-state index in [0.29, 0.717) is 0 Å². The summed E-state index contributed by atoms with van der Waals surface area (Å²) in [5, 5.41) is 23.0. The maximum Gasteiger partial charge on any atom is 0.553 e. The summed E-state index contributed by atoms with van der Waals surface area (Å²) in [7, 11) is 0. The summed E-state index contributed by atoms with van der Waals surface area (Å²) < 4.78 is 45.7. The Morgan fingerprint density at radius 3 is 0.589 bits per heavy atom. The molecule has 18 aromatic heterocycles. The molecule has 4 unspecified atom stereocenters. The van der Waals surface area contributed by atoms with E-state index in [1.807, 2.05) is 0 Å². The number of hydrogen-bond acceptors (Lipinski definition) is 0. The van der Waals surface area contributed by atoms with E-state index in [0.717, 1.165) is 25.7 Å². The van der Waals surface area contributed by atoms with Crippen molar-refractivity contribution >= 4 is 196 Å². The second kappa shape index (κ2) is 15.2. The first-order valence-corrected chi connectivity index (χ1v) is 44.1. The Kier molecular flexibility index (Phi) is 6.71. The van der Waals surface area contributed by atoms with Crippen molar-refractivity contribution in [2.75, 3.05) is 0 Å². The van der Waals surface area contributed by atoms with Crippen LogP contribution in [0.2, 0.25) is 0 Å². The van der Waals surface area contributed by atoms with Crippen LogP contribution in [-0.2, 0) is 49.3 Å². The normalized spacial score (nSPS) is 20.6. The molecule has 124 heavy (non-hydrogen) atoms. The number of pyridine rings is 8. The number of hydrogen-bond donors (Lipinski definition) is 2. The molecule has 0 saturated heterocycles. The number of H-pyrrole nitrogens is 2. The Bertz CT molecular complexity index is 10500. The fourth-order valence-electron chi connectivity index (χ4n) is 32.0. The smallest absolute Gasteiger partial charge is 0.361 e. The Labute approximate surface area is 690 Å². The van der Waals surface area contributed by atoms with Crippen LogP contribution in [0, 0.1) is 0 Å². The van der Waals surface area contributed by atoms with Crippen molar-refractivity contribution in [1.82, 2.24) is 46.5 Å². The lowest BCUT2D eigenvalue weighted by Crippen LogP contribution is -2.81. The van der Waals surface area contributed by atoms with Gasteiger partial charge in [-0.1, -0.05) is 36.5 Å². The van der Waals surface area contributed by atoms with Crippen LogP contribution in [0.15, 0.2) is 231 Å². The molecule has 4 atom stereocenters. The molecule has 43 rings (SSSR count). The van der Waals surface area contributed by atoms with Crippen molar-refractivity contribution < 1.29 is 36.5 Å². The molecule has 18 nitrogen and oxygen atoms in total. The molecule has 0 bridgehead atoms. The van der Waals surface area contributed by atoms with Gasteiger partial charge in [0.2, 0.25) is 45.6 Å². The van der Waals surface area contributed by atoms with Gasteiger partial charge in [-0.05, 0) is 170 Å². The number of nitrogens with zero attached hydrogens (tertiary/aromatic N) is 16. The van der Waals surface area contributed by atoms with Gasteiger partial charge < -0.3 is 9.97 Å². The molecule has 0 saturated carbocycles. The summed E-state index contributed by atoms with van der Waals surface area (Å²) in [5.41, 5.74) is 54.5. The van der Waals surface area contributed by atoms with Gasteiger partial charge in [0, 0.05) is 197 Å². The van der Waals surface area contributed by atoms with Gasteiger partial charge in [-0.15, -0.1) is 0 Å². The highest BCUT2D eigenvalue weighted by atomic mass is 15.7. The maximum atomic E-state index is 3.67. The van der Waals surface area contributed by atoms with Crippen LogP contribution in [0.3, 0.4) is 0 Å². The molecule has 0 aliphatic carbocycles. The van der Waals surface area contributed by atoms with E-state index in [9.17, 15) is 0 Å². The molecule has 0 amide bonds. The Morgan fingerprint density at radius 2 is 0.371 bits per heavy atom. The first-order valence-electron chi connectivity index (χ1n) is 44.1. The van der Waals surface area contributed by atoms with E-state index in [-0.39, 0.29) is 0 Å². The molecular formula is C106H48N18+8. The number of fused-ring (bicyclic) bond motifs is 18. The molecule has 0 radical (unpaired) electrons. The maximum absolute atomic E-state index is 3.67.